The van der Waals surface area contributed by atoms with Crippen LogP contribution in [0.25, 0.3) is 0 Å². The summed E-state index contributed by atoms with van der Waals surface area (Å²) >= 11 is 5.83. The average molecular weight is 271 g/mol. The second-order valence-electron chi connectivity index (χ2n) is 3.62. The highest BCUT2D eigenvalue weighted by atomic mass is 35.5. The number of halogens is 1. The van der Waals surface area contributed by atoms with Crippen LogP contribution in [0.5, 0.6) is 0 Å². The Morgan fingerprint density at radius 2 is 2.17 bits per heavy atom. The van der Waals surface area contributed by atoms with Gasteiger partial charge in [0.05, 0.1) is 18.4 Å². The fraction of sp³-hybridized carbons (Fsp3) is 0.333. The van der Waals surface area contributed by atoms with Gasteiger partial charge in [-0.1, -0.05) is 11.6 Å². The van der Waals surface area contributed by atoms with Crippen molar-refractivity contribution in [2.24, 2.45) is 5.73 Å². The molecule has 5 nitrogen and oxygen atoms in total. The molecule has 1 aromatic rings. The molecule has 0 aliphatic rings. The predicted octanol–water partition coefficient (Wildman–Crippen LogP) is 1.80. The summed E-state index contributed by atoms with van der Waals surface area (Å²) in [6.45, 7) is 0.437. The molecule has 1 amide bonds. The summed E-state index contributed by atoms with van der Waals surface area (Å²) in [5.74, 6) is -0.742. The third-order valence-corrected chi connectivity index (χ3v) is 2.50. The van der Waals surface area contributed by atoms with Crippen molar-refractivity contribution in [2.45, 2.75) is 12.8 Å². The summed E-state index contributed by atoms with van der Waals surface area (Å²) < 4.78 is 4.63. The van der Waals surface area contributed by atoms with E-state index in [1.165, 1.54) is 19.2 Å². The topological polar surface area (TPSA) is 81.4 Å². The Bertz CT molecular complexity index is 449. The molecule has 0 spiro atoms. The molecule has 0 saturated heterocycles. The van der Waals surface area contributed by atoms with E-state index in [0.29, 0.717) is 30.1 Å². The monoisotopic (exact) mass is 270 g/mol. The van der Waals surface area contributed by atoms with E-state index in [1.807, 2.05) is 0 Å². The molecule has 0 fully saturated rings. The number of nitrogens with two attached hydrogens (primary N) is 1. The van der Waals surface area contributed by atoms with Crippen LogP contribution in [0.2, 0.25) is 5.02 Å². The number of esters is 1. The highest BCUT2D eigenvalue weighted by Gasteiger charge is 2.14. The van der Waals surface area contributed by atoms with Gasteiger partial charge in [-0.2, -0.15) is 0 Å². The standard InChI is InChI=1S/C12H15ClN2O3/c1-18-12(17)9-5-4-8(13)7-10(9)15-11(16)3-2-6-14/h4-5,7H,2-3,6,14H2,1H3,(H,15,16). The van der Waals surface area contributed by atoms with Gasteiger partial charge in [-0.05, 0) is 31.2 Å². The number of hydrogen-bond donors (Lipinski definition) is 2. The van der Waals surface area contributed by atoms with Crippen molar-refractivity contribution in [3.05, 3.63) is 28.8 Å². The van der Waals surface area contributed by atoms with Crippen LogP contribution in [0, 0.1) is 0 Å². The lowest BCUT2D eigenvalue weighted by Gasteiger charge is -2.10. The molecule has 98 valence electrons. The number of amides is 1. The fourth-order valence-electron chi connectivity index (χ4n) is 1.38. The molecule has 0 bridgehead atoms. The number of anilines is 1. The third-order valence-electron chi connectivity index (χ3n) is 2.27. The second kappa shape index (κ2) is 6.98. The number of benzene rings is 1. The molecule has 0 heterocycles. The number of ether oxygens (including phenoxy) is 1. The SMILES string of the molecule is COC(=O)c1ccc(Cl)cc1NC(=O)CCCN. The molecule has 0 aliphatic heterocycles. The first-order valence-electron chi connectivity index (χ1n) is 5.46. The highest BCUT2D eigenvalue weighted by Crippen LogP contribution is 2.22. The van der Waals surface area contributed by atoms with Crippen molar-refractivity contribution in [1.82, 2.24) is 0 Å². The van der Waals surface area contributed by atoms with Crippen LogP contribution in [0.15, 0.2) is 18.2 Å². The summed E-state index contributed by atoms with van der Waals surface area (Å²) in [4.78, 5) is 23.1. The largest absolute Gasteiger partial charge is 0.465 e. The Morgan fingerprint density at radius 1 is 1.44 bits per heavy atom. The number of methoxy groups -OCH3 is 1. The van der Waals surface area contributed by atoms with Crippen LogP contribution in [-0.2, 0) is 9.53 Å². The van der Waals surface area contributed by atoms with E-state index in [0.717, 1.165) is 0 Å². The van der Waals surface area contributed by atoms with Crippen LogP contribution >= 0.6 is 11.6 Å². The van der Waals surface area contributed by atoms with Crippen LogP contribution in [-0.4, -0.2) is 25.5 Å². The van der Waals surface area contributed by atoms with Crippen molar-refractivity contribution in [2.75, 3.05) is 19.0 Å². The molecule has 0 unspecified atom stereocenters. The van der Waals surface area contributed by atoms with E-state index < -0.39 is 5.97 Å². The molecule has 6 heteroatoms. The number of hydrogen-bond acceptors (Lipinski definition) is 4. The van der Waals surface area contributed by atoms with Gasteiger partial charge >= 0.3 is 5.97 Å². The zero-order chi connectivity index (χ0) is 13.5. The van der Waals surface area contributed by atoms with E-state index >= 15 is 0 Å². The van der Waals surface area contributed by atoms with Crippen LogP contribution in [0.4, 0.5) is 5.69 Å². The quantitative estimate of drug-likeness (QED) is 0.800. The summed E-state index contributed by atoms with van der Waals surface area (Å²) in [5, 5.41) is 3.05. The van der Waals surface area contributed by atoms with E-state index in [2.05, 4.69) is 10.1 Å². The van der Waals surface area contributed by atoms with Crippen molar-refractivity contribution >= 4 is 29.2 Å². The van der Waals surface area contributed by atoms with Crippen molar-refractivity contribution in [1.29, 1.82) is 0 Å². The lowest BCUT2D eigenvalue weighted by Crippen LogP contribution is -2.16. The van der Waals surface area contributed by atoms with Crippen LogP contribution < -0.4 is 11.1 Å². The minimum atomic E-state index is -0.527. The van der Waals surface area contributed by atoms with Gasteiger partial charge in [-0.15, -0.1) is 0 Å². The minimum Gasteiger partial charge on any atom is -0.465 e. The molecule has 0 radical (unpaired) electrons. The van der Waals surface area contributed by atoms with Gasteiger partial charge in [-0.25, -0.2) is 4.79 Å². The molecule has 0 aliphatic carbocycles. The first-order chi connectivity index (χ1) is 8.58. The summed E-state index contributed by atoms with van der Waals surface area (Å²) in [7, 11) is 1.27. The third kappa shape index (κ3) is 4.01. The number of carbonyl (C=O) groups is 2. The van der Waals surface area contributed by atoms with Gasteiger partial charge in [-0.3, -0.25) is 4.79 Å². The Hall–Kier alpha value is -1.59. The molecule has 0 aromatic heterocycles. The van der Waals surface area contributed by atoms with Gasteiger partial charge < -0.3 is 15.8 Å². The molecule has 3 N–H and O–H groups in total. The first-order valence-corrected chi connectivity index (χ1v) is 5.84. The summed E-state index contributed by atoms with van der Waals surface area (Å²) in [6, 6.07) is 4.57. The molecule has 0 saturated carbocycles. The maximum absolute atomic E-state index is 11.6. The Kier molecular flexibility index (Phi) is 5.61. The molecule has 0 atom stereocenters. The van der Waals surface area contributed by atoms with Gasteiger partial charge in [0.15, 0.2) is 0 Å². The number of rotatable bonds is 5. The van der Waals surface area contributed by atoms with Crippen molar-refractivity contribution in [3.8, 4) is 0 Å². The number of carbonyl (C=O) groups excluding carboxylic acids is 2. The molecule has 18 heavy (non-hydrogen) atoms. The normalized spacial score (nSPS) is 9.94. The fourth-order valence-corrected chi connectivity index (χ4v) is 1.56. The van der Waals surface area contributed by atoms with Crippen LogP contribution in [0.1, 0.15) is 23.2 Å². The Morgan fingerprint density at radius 3 is 2.78 bits per heavy atom. The summed E-state index contributed by atoms with van der Waals surface area (Å²) in [5.41, 5.74) is 5.93. The van der Waals surface area contributed by atoms with Gasteiger partial charge in [0.2, 0.25) is 5.91 Å². The second-order valence-corrected chi connectivity index (χ2v) is 4.06. The van der Waals surface area contributed by atoms with E-state index in [-0.39, 0.29) is 11.5 Å². The maximum Gasteiger partial charge on any atom is 0.339 e. The Labute approximate surface area is 110 Å². The van der Waals surface area contributed by atoms with Gasteiger partial charge in [0.1, 0.15) is 0 Å². The lowest BCUT2D eigenvalue weighted by molar-refractivity contribution is -0.116. The smallest absolute Gasteiger partial charge is 0.339 e. The number of nitrogens with one attached hydrogen (secondary N) is 1. The zero-order valence-electron chi connectivity index (χ0n) is 10.0. The van der Waals surface area contributed by atoms with E-state index in [1.54, 1.807) is 6.07 Å². The molecule has 1 rings (SSSR count). The first kappa shape index (κ1) is 14.5. The average Bonchev–Trinajstić information content (AvgIpc) is 2.35. The highest BCUT2D eigenvalue weighted by molar-refractivity contribution is 6.31. The lowest BCUT2D eigenvalue weighted by atomic mass is 10.1. The van der Waals surface area contributed by atoms with Crippen molar-refractivity contribution in [3.63, 3.8) is 0 Å². The molecule has 1 aromatic carbocycles. The van der Waals surface area contributed by atoms with Gasteiger partial charge in [0.25, 0.3) is 0 Å². The molecular weight excluding hydrogens is 256 g/mol. The van der Waals surface area contributed by atoms with Crippen molar-refractivity contribution < 1.29 is 14.3 Å². The predicted molar refractivity (Wildman–Crippen MR) is 69.7 cm³/mol. The minimum absolute atomic E-state index is 0.215. The van der Waals surface area contributed by atoms with E-state index in [9.17, 15) is 9.59 Å². The summed E-state index contributed by atoms with van der Waals surface area (Å²) in [6.07, 6.45) is 0.879. The zero-order valence-corrected chi connectivity index (χ0v) is 10.8. The van der Waals surface area contributed by atoms with Crippen LogP contribution in [0.3, 0.4) is 0 Å². The molecular formula is C12H15ClN2O3. The van der Waals surface area contributed by atoms with Gasteiger partial charge in [0, 0.05) is 11.4 Å². The maximum atomic E-state index is 11.6. The Balaban J connectivity index is 2.88. The van der Waals surface area contributed by atoms with E-state index in [4.69, 9.17) is 17.3 Å².